The van der Waals surface area contributed by atoms with Gasteiger partial charge in [0.15, 0.2) is 5.82 Å². The summed E-state index contributed by atoms with van der Waals surface area (Å²) in [6.45, 7) is 0.845. The molecule has 2 N–H and O–H groups in total. The van der Waals surface area contributed by atoms with Gasteiger partial charge in [-0.25, -0.2) is 13.4 Å². The molecule has 7 heteroatoms. The van der Waals surface area contributed by atoms with Crippen LogP contribution in [0.4, 0.5) is 11.5 Å². The standard InChI is InChI=1S/C13H12BrN3O2S/c14-11-2-1-6-16-13(11)17-20(18,19)10-3-4-12-9(8-10)5-7-15-12/h1-4,6,8,15H,5,7H2,(H,16,17). The number of rotatable bonds is 3. The molecule has 3 rings (SSSR count). The summed E-state index contributed by atoms with van der Waals surface area (Å²) in [4.78, 5) is 4.26. The first-order valence-electron chi connectivity index (χ1n) is 6.06. The molecule has 0 bridgehead atoms. The van der Waals surface area contributed by atoms with Crippen LogP contribution in [0.2, 0.25) is 0 Å². The van der Waals surface area contributed by atoms with E-state index in [9.17, 15) is 8.42 Å². The van der Waals surface area contributed by atoms with Crippen LogP contribution in [0.3, 0.4) is 0 Å². The van der Waals surface area contributed by atoms with Crippen LogP contribution in [0.25, 0.3) is 0 Å². The molecule has 0 unspecified atom stereocenters. The highest BCUT2D eigenvalue weighted by molar-refractivity contribution is 9.10. The molecule has 5 nitrogen and oxygen atoms in total. The summed E-state index contributed by atoms with van der Waals surface area (Å²) < 4.78 is 27.8. The molecule has 1 aromatic heterocycles. The smallest absolute Gasteiger partial charge is 0.263 e. The summed E-state index contributed by atoms with van der Waals surface area (Å²) in [5, 5.41) is 3.20. The summed E-state index contributed by atoms with van der Waals surface area (Å²) in [5.41, 5.74) is 2.02. The fraction of sp³-hybridized carbons (Fsp3) is 0.154. The Balaban J connectivity index is 1.94. The van der Waals surface area contributed by atoms with Crippen molar-refractivity contribution in [3.05, 3.63) is 46.6 Å². The fourth-order valence-electron chi connectivity index (χ4n) is 2.10. The topological polar surface area (TPSA) is 71.1 Å². The number of benzene rings is 1. The SMILES string of the molecule is O=S(=O)(Nc1ncccc1Br)c1ccc2c(c1)CCN2. The second kappa shape index (κ2) is 5.06. The number of nitrogens with zero attached hydrogens (tertiary/aromatic N) is 1. The van der Waals surface area contributed by atoms with Gasteiger partial charge < -0.3 is 5.32 Å². The maximum atomic E-state index is 12.4. The number of hydrogen-bond acceptors (Lipinski definition) is 4. The Kier molecular flexibility index (Phi) is 3.39. The van der Waals surface area contributed by atoms with Crippen molar-refractivity contribution in [2.24, 2.45) is 0 Å². The van der Waals surface area contributed by atoms with Crippen LogP contribution >= 0.6 is 15.9 Å². The monoisotopic (exact) mass is 353 g/mol. The minimum atomic E-state index is -3.63. The van der Waals surface area contributed by atoms with Gasteiger partial charge in [-0.3, -0.25) is 4.72 Å². The predicted octanol–water partition coefficient (Wildman–Crippen LogP) is 2.61. The van der Waals surface area contributed by atoms with Crippen molar-refractivity contribution in [1.82, 2.24) is 4.98 Å². The number of aromatic nitrogens is 1. The van der Waals surface area contributed by atoms with Gasteiger partial charge in [0, 0.05) is 18.4 Å². The summed E-state index contributed by atoms with van der Waals surface area (Å²) in [5.74, 6) is 0.283. The second-order valence-electron chi connectivity index (χ2n) is 4.44. The Morgan fingerprint density at radius 2 is 2.15 bits per heavy atom. The lowest BCUT2D eigenvalue weighted by atomic mass is 10.2. The summed E-state index contributed by atoms with van der Waals surface area (Å²) in [6, 6.07) is 8.55. The Bertz CT molecular complexity index is 762. The molecular weight excluding hydrogens is 342 g/mol. The lowest BCUT2D eigenvalue weighted by Gasteiger charge is -2.09. The normalized spacial score (nSPS) is 13.7. The number of halogens is 1. The molecule has 0 amide bonds. The maximum Gasteiger partial charge on any atom is 0.263 e. The number of anilines is 2. The van der Waals surface area contributed by atoms with Crippen molar-refractivity contribution >= 4 is 37.5 Å². The van der Waals surface area contributed by atoms with Crippen molar-refractivity contribution < 1.29 is 8.42 Å². The third-order valence-electron chi connectivity index (χ3n) is 3.09. The molecule has 0 fully saturated rings. The van der Waals surface area contributed by atoms with Crippen molar-refractivity contribution in [2.45, 2.75) is 11.3 Å². The Morgan fingerprint density at radius 1 is 1.30 bits per heavy atom. The number of hydrogen-bond donors (Lipinski definition) is 2. The van der Waals surface area contributed by atoms with E-state index in [1.807, 2.05) is 0 Å². The van der Waals surface area contributed by atoms with E-state index in [0.717, 1.165) is 24.2 Å². The zero-order chi connectivity index (χ0) is 14.2. The zero-order valence-corrected chi connectivity index (χ0v) is 12.8. The first kappa shape index (κ1) is 13.4. The van der Waals surface area contributed by atoms with Gasteiger partial charge in [0.2, 0.25) is 0 Å². The van der Waals surface area contributed by atoms with Crippen LogP contribution in [0.15, 0.2) is 45.9 Å². The fourth-order valence-corrected chi connectivity index (χ4v) is 3.66. The Morgan fingerprint density at radius 3 is 2.95 bits per heavy atom. The van der Waals surface area contributed by atoms with Crippen molar-refractivity contribution in [1.29, 1.82) is 0 Å². The highest BCUT2D eigenvalue weighted by atomic mass is 79.9. The highest BCUT2D eigenvalue weighted by Gasteiger charge is 2.19. The van der Waals surface area contributed by atoms with Crippen molar-refractivity contribution in [2.75, 3.05) is 16.6 Å². The van der Waals surface area contributed by atoms with Gasteiger partial charge in [-0.1, -0.05) is 0 Å². The number of nitrogens with one attached hydrogen (secondary N) is 2. The molecule has 104 valence electrons. The van der Waals surface area contributed by atoms with E-state index in [1.54, 1.807) is 30.3 Å². The molecule has 0 radical (unpaired) electrons. The first-order chi connectivity index (χ1) is 9.56. The summed E-state index contributed by atoms with van der Waals surface area (Å²) in [6.07, 6.45) is 2.38. The van der Waals surface area contributed by atoms with E-state index in [4.69, 9.17) is 0 Å². The van der Waals surface area contributed by atoms with Gasteiger partial charge in [0.05, 0.1) is 9.37 Å². The van der Waals surface area contributed by atoms with Gasteiger partial charge in [-0.15, -0.1) is 0 Å². The first-order valence-corrected chi connectivity index (χ1v) is 8.34. The minimum Gasteiger partial charge on any atom is -0.384 e. The number of fused-ring (bicyclic) bond motifs is 1. The molecule has 20 heavy (non-hydrogen) atoms. The van der Waals surface area contributed by atoms with Crippen molar-refractivity contribution in [3.8, 4) is 0 Å². The molecule has 0 spiro atoms. The highest BCUT2D eigenvalue weighted by Crippen LogP contribution is 2.27. The van der Waals surface area contributed by atoms with Crippen LogP contribution in [0.1, 0.15) is 5.56 Å². The second-order valence-corrected chi connectivity index (χ2v) is 6.97. The van der Waals surface area contributed by atoms with E-state index in [0.29, 0.717) is 4.47 Å². The van der Waals surface area contributed by atoms with Gasteiger partial charge in [0.25, 0.3) is 10.0 Å². The van der Waals surface area contributed by atoms with Gasteiger partial charge in [0.1, 0.15) is 0 Å². The molecule has 1 aliphatic heterocycles. The molecule has 0 atom stereocenters. The molecule has 0 aliphatic carbocycles. The van der Waals surface area contributed by atoms with E-state index < -0.39 is 10.0 Å². The molecular formula is C13H12BrN3O2S. The van der Waals surface area contributed by atoms with Crippen molar-refractivity contribution in [3.63, 3.8) is 0 Å². The average Bonchev–Trinajstić information content (AvgIpc) is 2.88. The maximum absolute atomic E-state index is 12.4. The van der Waals surface area contributed by atoms with E-state index in [2.05, 4.69) is 31.0 Å². The molecule has 1 aromatic carbocycles. The number of sulfonamides is 1. The lowest BCUT2D eigenvalue weighted by molar-refractivity contribution is 0.601. The van der Waals surface area contributed by atoms with Crippen LogP contribution in [0.5, 0.6) is 0 Å². The summed E-state index contributed by atoms with van der Waals surface area (Å²) in [7, 11) is -3.63. The quantitative estimate of drug-likeness (QED) is 0.889. The molecule has 0 saturated heterocycles. The third kappa shape index (κ3) is 2.51. The molecule has 0 saturated carbocycles. The average molecular weight is 354 g/mol. The molecule has 2 aromatic rings. The van der Waals surface area contributed by atoms with E-state index >= 15 is 0 Å². The molecule has 2 heterocycles. The summed E-state index contributed by atoms with van der Waals surface area (Å²) >= 11 is 3.27. The number of pyridine rings is 1. The Hall–Kier alpha value is -1.60. The van der Waals surface area contributed by atoms with Gasteiger partial charge in [-0.2, -0.15) is 0 Å². The minimum absolute atomic E-state index is 0.248. The van der Waals surface area contributed by atoms with Crippen LogP contribution < -0.4 is 10.0 Å². The van der Waals surface area contributed by atoms with Crippen LogP contribution in [0, 0.1) is 0 Å². The van der Waals surface area contributed by atoms with Gasteiger partial charge in [-0.05, 0) is 58.2 Å². The van der Waals surface area contributed by atoms with E-state index in [-0.39, 0.29) is 10.7 Å². The largest absolute Gasteiger partial charge is 0.384 e. The Labute approximate surface area is 125 Å². The lowest BCUT2D eigenvalue weighted by Crippen LogP contribution is -2.14. The predicted molar refractivity (Wildman–Crippen MR) is 81.4 cm³/mol. The van der Waals surface area contributed by atoms with Gasteiger partial charge >= 0.3 is 0 Å². The third-order valence-corrected chi connectivity index (χ3v) is 5.06. The van der Waals surface area contributed by atoms with E-state index in [1.165, 1.54) is 6.20 Å². The van der Waals surface area contributed by atoms with Crippen LogP contribution in [-0.4, -0.2) is 19.9 Å². The molecule has 1 aliphatic rings. The van der Waals surface area contributed by atoms with Crippen LogP contribution in [-0.2, 0) is 16.4 Å². The zero-order valence-electron chi connectivity index (χ0n) is 10.4.